The molecular weight excluding hydrogens is 340 g/mol. The molecule has 0 aliphatic carbocycles. The average Bonchev–Trinajstić information content (AvgIpc) is 2.29. The second-order valence-corrected chi connectivity index (χ2v) is 6.96. The normalized spacial score (nSPS) is 11.5. The maximum absolute atomic E-state index is 11.8. The summed E-state index contributed by atoms with van der Waals surface area (Å²) in [7, 11) is -3.37. The predicted molar refractivity (Wildman–Crippen MR) is 79.7 cm³/mol. The van der Waals surface area contributed by atoms with Crippen molar-refractivity contribution < 1.29 is 8.42 Å². The van der Waals surface area contributed by atoms with Crippen molar-refractivity contribution in [2.24, 2.45) is 0 Å². The Kier molecular flexibility index (Phi) is 6.42. The van der Waals surface area contributed by atoms with Gasteiger partial charge < -0.3 is 5.32 Å². The lowest BCUT2D eigenvalue weighted by Gasteiger charge is -2.10. The van der Waals surface area contributed by atoms with E-state index < -0.39 is 10.0 Å². The molecule has 0 saturated heterocycles. The standard InChI is InChI=1S/C11H16BrClN2O2S/c1-2-5-14-6-7-18(16,17)15-11-8-9(12)3-4-10(11)13/h3-4,8,14-15H,2,5-7H2,1H3. The van der Waals surface area contributed by atoms with Gasteiger partial charge in [-0.15, -0.1) is 0 Å². The van der Waals surface area contributed by atoms with Crippen LogP contribution in [0.15, 0.2) is 22.7 Å². The fourth-order valence-corrected chi connectivity index (χ4v) is 2.90. The Bertz CT molecular complexity index is 494. The van der Waals surface area contributed by atoms with Crippen molar-refractivity contribution in [2.75, 3.05) is 23.6 Å². The number of anilines is 1. The number of rotatable bonds is 7. The molecule has 0 amide bonds. The number of hydrogen-bond acceptors (Lipinski definition) is 3. The third kappa shape index (κ3) is 5.56. The minimum absolute atomic E-state index is 0.0237. The summed E-state index contributed by atoms with van der Waals surface area (Å²) >= 11 is 9.19. The van der Waals surface area contributed by atoms with Crippen LogP contribution in [0.2, 0.25) is 5.02 Å². The van der Waals surface area contributed by atoms with E-state index in [1.807, 2.05) is 6.92 Å². The first-order valence-corrected chi connectivity index (χ1v) is 8.43. The summed E-state index contributed by atoms with van der Waals surface area (Å²) in [5.41, 5.74) is 0.390. The molecule has 0 aromatic heterocycles. The summed E-state index contributed by atoms with van der Waals surface area (Å²) in [6.45, 7) is 3.27. The van der Waals surface area contributed by atoms with Gasteiger partial charge >= 0.3 is 0 Å². The van der Waals surface area contributed by atoms with Gasteiger partial charge in [-0.25, -0.2) is 8.42 Å². The first-order valence-electron chi connectivity index (χ1n) is 5.61. The Morgan fingerprint density at radius 2 is 2.06 bits per heavy atom. The topological polar surface area (TPSA) is 58.2 Å². The highest BCUT2D eigenvalue weighted by Crippen LogP contribution is 2.26. The Balaban J connectivity index is 2.62. The zero-order valence-electron chi connectivity index (χ0n) is 10.0. The lowest BCUT2D eigenvalue weighted by molar-refractivity contribution is 0.595. The van der Waals surface area contributed by atoms with Crippen LogP contribution in [0.5, 0.6) is 0 Å². The molecule has 0 radical (unpaired) electrons. The van der Waals surface area contributed by atoms with Crippen LogP contribution in [0.1, 0.15) is 13.3 Å². The summed E-state index contributed by atoms with van der Waals surface area (Å²) in [5, 5.41) is 3.42. The molecule has 1 aromatic carbocycles. The van der Waals surface area contributed by atoms with Crippen molar-refractivity contribution in [1.29, 1.82) is 0 Å². The number of halogens is 2. The minimum atomic E-state index is -3.37. The first-order chi connectivity index (χ1) is 8.44. The minimum Gasteiger partial charge on any atom is -0.316 e. The van der Waals surface area contributed by atoms with Gasteiger partial charge in [-0.05, 0) is 31.2 Å². The molecule has 1 rings (SSSR count). The highest BCUT2D eigenvalue weighted by atomic mass is 79.9. The molecule has 0 bridgehead atoms. The molecule has 4 nitrogen and oxygen atoms in total. The van der Waals surface area contributed by atoms with E-state index >= 15 is 0 Å². The Hall–Kier alpha value is -0.300. The zero-order valence-corrected chi connectivity index (χ0v) is 13.2. The first kappa shape index (κ1) is 15.8. The average molecular weight is 356 g/mol. The summed E-state index contributed by atoms with van der Waals surface area (Å²) in [6, 6.07) is 5.03. The number of benzene rings is 1. The third-order valence-corrected chi connectivity index (χ3v) is 4.26. The third-order valence-electron chi connectivity index (χ3n) is 2.17. The van der Waals surface area contributed by atoms with Crippen molar-refractivity contribution in [2.45, 2.75) is 13.3 Å². The van der Waals surface area contributed by atoms with Gasteiger partial charge in [0.15, 0.2) is 0 Å². The van der Waals surface area contributed by atoms with Crippen molar-refractivity contribution in [1.82, 2.24) is 5.32 Å². The van der Waals surface area contributed by atoms with Gasteiger partial charge in [-0.3, -0.25) is 4.72 Å². The van der Waals surface area contributed by atoms with Crippen molar-refractivity contribution in [3.63, 3.8) is 0 Å². The smallest absolute Gasteiger partial charge is 0.234 e. The SMILES string of the molecule is CCCNCCS(=O)(=O)Nc1cc(Br)ccc1Cl. The van der Waals surface area contributed by atoms with Crippen LogP contribution in [-0.2, 0) is 10.0 Å². The van der Waals surface area contributed by atoms with Gasteiger partial charge in [0.2, 0.25) is 10.0 Å². The van der Waals surface area contributed by atoms with Crippen molar-refractivity contribution in [3.8, 4) is 0 Å². The Labute approximate surface area is 121 Å². The molecule has 0 fully saturated rings. The van der Waals surface area contributed by atoms with Gasteiger partial charge in [0.1, 0.15) is 0 Å². The fourth-order valence-electron chi connectivity index (χ4n) is 1.30. The van der Waals surface area contributed by atoms with Crippen LogP contribution >= 0.6 is 27.5 Å². The molecule has 0 heterocycles. The summed E-state index contributed by atoms with van der Waals surface area (Å²) < 4.78 is 26.8. The molecule has 0 atom stereocenters. The fraction of sp³-hybridized carbons (Fsp3) is 0.455. The molecule has 0 aliphatic heterocycles. The molecule has 102 valence electrons. The highest BCUT2D eigenvalue weighted by molar-refractivity contribution is 9.10. The van der Waals surface area contributed by atoms with Crippen LogP contribution in [0, 0.1) is 0 Å². The zero-order chi connectivity index (χ0) is 13.6. The maximum atomic E-state index is 11.8. The summed E-state index contributed by atoms with van der Waals surface area (Å²) in [6.07, 6.45) is 0.977. The summed E-state index contributed by atoms with van der Waals surface area (Å²) in [4.78, 5) is 0. The van der Waals surface area contributed by atoms with Crippen molar-refractivity contribution >= 4 is 43.2 Å². The summed E-state index contributed by atoms with van der Waals surface area (Å²) in [5.74, 6) is 0.0237. The molecule has 0 saturated carbocycles. The molecule has 18 heavy (non-hydrogen) atoms. The van der Waals surface area contributed by atoms with E-state index in [4.69, 9.17) is 11.6 Å². The van der Waals surface area contributed by atoms with E-state index in [2.05, 4.69) is 26.0 Å². The van der Waals surface area contributed by atoms with Gasteiger partial charge in [-0.1, -0.05) is 34.5 Å². The Morgan fingerprint density at radius 3 is 2.72 bits per heavy atom. The van der Waals surface area contributed by atoms with Gasteiger partial charge in [0.05, 0.1) is 16.5 Å². The molecule has 0 unspecified atom stereocenters. The van der Waals surface area contributed by atoms with Gasteiger partial charge in [0.25, 0.3) is 0 Å². The lowest BCUT2D eigenvalue weighted by atomic mass is 10.3. The van der Waals surface area contributed by atoms with E-state index in [0.29, 0.717) is 17.3 Å². The van der Waals surface area contributed by atoms with E-state index in [9.17, 15) is 8.42 Å². The largest absolute Gasteiger partial charge is 0.316 e. The maximum Gasteiger partial charge on any atom is 0.234 e. The van der Waals surface area contributed by atoms with E-state index in [1.54, 1.807) is 18.2 Å². The van der Waals surface area contributed by atoms with Crippen LogP contribution in [0.3, 0.4) is 0 Å². The predicted octanol–water partition coefficient (Wildman–Crippen LogP) is 2.84. The second-order valence-electron chi connectivity index (χ2n) is 3.80. The van der Waals surface area contributed by atoms with Gasteiger partial charge in [-0.2, -0.15) is 0 Å². The highest BCUT2D eigenvalue weighted by Gasteiger charge is 2.12. The molecule has 2 N–H and O–H groups in total. The second kappa shape index (κ2) is 7.33. The lowest BCUT2D eigenvalue weighted by Crippen LogP contribution is -2.27. The monoisotopic (exact) mass is 354 g/mol. The van der Waals surface area contributed by atoms with Crippen LogP contribution in [-0.4, -0.2) is 27.3 Å². The molecule has 0 spiro atoms. The Morgan fingerprint density at radius 1 is 1.33 bits per heavy atom. The molecule has 7 heteroatoms. The van der Waals surface area contributed by atoms with Crippen LogP contribution in [0.25, 0.3) is 0 Å². The quantitative estimate of drug-likeness (QED) is 0.739. The van der Waals surface area contributed by atoms with Gasteiger partial charge in [0, 0.05) is 11.0 Å². The number of sulfonamides is 1. The number of nitrogens with one attached hydrogen (secondary N) is 2. The number of hydrogen-bond donors (Lipinski definition) is 2. The van der Waals surface area contributed by atoms with E-state index in [0.717, 1.165) is 17.4 Å². The van der Waals surface area contributed by atoms with E-state index in [1.165, 1.54) is 0 Å². The van der Waals surface area contributed by atoms with Crippen molar-refractivity contribution in [3.05, 3.63) is 27.7 Å². The van der Waals surface area contributed by atoms with E-state index in [-0.39, 0.29) is 5.75 Å². The molecular formula is C11H16BrClN2O2S. The van der Waals surface area contributed by atoms with Crippen LogP contribution in [0.4, 0.5) is 5.69 Å². The molecule has 1 aromatic rings. The molecule has 0 aliphatic rings. The van der Waals surface area contributed by atoms with Crippen LogP contribution < -0.4 is 10.0 Å².